The number of carbonyl (C=O) groups excluding carboxylic acids is 1. The second-order valence-corrected chi connectivity index (χ2v) is 7.52. The third-order valence-corrected chi connectivity index (χ3v) is 5.31. The summed E-state index contributed by atoms with van der Waals surface area (Å²) in [6.07, 6.45) is -2.02. The minimum atomic E-state index is -4.48. The number of carbonyl (C=O) groups is 1. The number of alkyl halides is 3. The number of nitrogens with one attached hydrogen (secondary N) is 1. The van der Waals surface area contributed by atoms with Crippen molar-refractivity contribution >= 4 is 23.8 Å². The van der Waals surface area contributed by atoms with E-state index in [9.17, 15) is 18.0 Å². The van der Waals surface area contributed by atoms with Gasteiger partial charge in [-0.1, -0.05) is 0 Å². The summed E-state index contributed by atoms with van der Waals surface area (Å²) in [4.78, 5) is 25.6. The summed E-state index contributed by atoms with van der Waals surface area (Å²) < 4.78 is 45.6. The van der Waals surface area contributed by atoms with Crippen LogP contribution in [0.2, 0.25) is 0 Å². The van der Waals surface area contributed by atoms with E-state index in [0.29, 0.717) is 49.9 Å². The fourth-order valence-electron chi connectivity index (χ4n) is 3.85. The molecule has 1 fully saturated rings. The molecule has 10 nitrogen and oxygen atoms in total. The predicted octanol–water partition coefficient (Wildman–Crippen LogP) is 0.502. The summed E-state index contributed by atoms with van der Waals surface area (Å²) in [5.41, 5.74) is 12.5. The molecule has 0 radical (unpaired) electrons. The van der Waals surface area contributed by atoms with Gasteiger partial charge in [-0.05, 0) is 12.1 Å². The van der Waals surface area contributed by atoms with Crippen molar-refractivity contribution in [1.29, 1.82) is 0 Å². The van der Waals surface area contributed by atoms with Crippen LogP contribution in [0.25, 0.3) is 11.4 Å². The molecule has 13 heteroatoms. The minimum Gasteiger partial charge on any atom is -0.491 e. The van der Waals surface area contributed by atoms with Crippen LogP contribution in [0.4, 0.5) is 18.9 Å². The Morgan fingerprint density at radius 2 is 2.18 bits per heavy atom. The van der Waals surface area contributed by atoms with Crippen LogP contribution in [-0.2, 0) is 11.3 Å². The van der Waals surface area contributed by atoms with Gasteiger partial charge in [-0.15, -0.1) is 0 Å². The number of fused-ring (bicyclic) bond motifs is 3. The van der Waals surface area contributed by atoms with Gasteiger partial charge in [0.2, 0.25) is 5.91 Å². The number of benzene rings is 1. The van der Waals surface area contributed by atoms with Gasteiger partial charge in [-0.2, -0.15) is 13.2 Å². The molecule has 1 unspecified atom stereocenters. The zero-order valence-electron chi connectivity index (χ0n) is 17.5. The van der Waals surface area contributed by atoms with Gasteiger partial charge in [-0.3, -0.25) is 9.79 Å². The molecule has 1 saturated heterocycles. The first-order valence-electron chi connectivity index (χ1n) is 10.2. The van der Waals surface area contributed by atoms with Gasteiger partial charge in [0.15, 0.2) is 5.84 Å². The van der Waals surface area contributed by atoms with E-state index in [1.54, 1.807) is 16.8 Å². The molecular formula is C20H23F3N8O2. The molecule has 1 aromatic carbocycles. The molecular weight excluding hydrogens is 441 g/mol. The van der Waals surface area contributed by atoms with Crippen molar-refractivity contribution < 1.29 is 22.7 Å². The molecule has 0 spiro atoms. The van der Waals surface area contributed by atoms with Crippen molar-refractivity contribution in [3.63, 3.8) is 0 Å². The lowest BCUT2D eigenvalue weighted by atomic mass is 10.1. The number of hydrogen-bond donors (Lipinski definition) is 3. The van der Waals surface area contributed by atoms with Gasteiger partial charge in [-0.25, -0.2) is 9.98 Å². The maximum atomic E-state index is 12.6. The number of halogens is 3. The molecule has 2 aliphatic heterocycles. The Kier molecular flexibility index (Phi) is 6.22. The molecule has 5 N–H and O–H groups in total. The number of aromatic nitrogens is 2. The highest BCUT2D eigenvalue weighted by Gasteiger charge is 2.29. The number of nitrogens with zero attached hydrogens (tertiary/aromatic N) is 5. The average molecular weight is 464 g/mol. The van der Waals surface area contributed by atoms with Crippen LogP contribution in [-0.4, -0.2) is 72.6 Å². The van der Waals surface area contributed by atoms with Crippen molar-refractivity contribution in [2.75, 3.05) is 37.7 Å². The summed E-state index contributed by atoms with van der Waals surface area (Å²) in [6, 6.07) is 4.97. The SMILES string of the molecule is NC=NC(=NCC(F)(F)F)c1cn2c(n1)-c1ccc(N3CCNCC3C(N)=O)cc1OCC2. The van der Waals surface area contributed by atoms with Crippen molar-refractivity contribution in [2.24, 2.45) is 21.5 Å². The van der Waals surface area contributed by atoms with E-state index in [2.05, 4.69) is 20.3 Å². The molecule has 176 valence electrons. The van der Waals surface area contributed by atoms with Crippen LogP contribution in [0.1, 0.15) is 5.69 Å². The zero-order valence-corrected chi connectivity index (χ0v) is 17.5. The van der Waals surface area contributed by atoms with Gasteiger partial charge in [0.05, 0.1) is 18.4 Å². The second-order valence-electron chi connectivity index (χ2n) is 7.52. The Labute approximate surface area is 187 Å². The largest absolute Gasteiger partial charge is 0.491 e. The Balaban J connectivity index is 1.69. The quantitative estimate of drug-likeness (QED) is 0.445. The van der Waals surface area contributed by atoms with E-state index >= 15 is 0 Å². The highest BCUT2D eigenvalue weighted by molar-refractivity contribution is 6.01. The standard InChI is InChI=1S/C20H23F3N8O2/c21-20(22,23)10-27-18(28-11-24)14-9-30-5-6-33-16-7-12(1-2-13(16)19(30)29-14)31-4-3-26-8-15(31)17(25)32/h1-2,7,9,11,15,26H,3-6,8,10H2,(H2,25,32)(H2,24,27,28). The molecule has 0 bridgehead atoms. The number of amidine groups is 1. The number of rotatable bonds is 4. The van der Waals surface area contributed by atoms with Crippen molar-refractivity contribution in [3.05, 3.63) is 30.1 Å². The van der Waals surface area contributed by atoms with Crippen LogP contribution in [0.15, 0.2) is 34.4 Å². The van der Waals surface area contributed by atoms with E-state index < -0.39 is 24.7 Å². The number of ether oxygens (including phenoxy) is 1. The Morgan fingerprint density at radius 1 is 1.36 bits per heavy atom. The first-order chi connectivity index (χ1) is 15.8. The van der Waals surface area contributed by atoms with Crippen LogP contribution in [0, 0.1) is 0 Å². The minimum absolute atomic E-state index is 0.170. The second kappa shape index (κ2) is 9.10. The summed E-state index contributed by atoms with van der Waals surface area (Å²) >= 11 is 0. The van der Waals surface area contributed by atoms with E-state index in [0.717, 1.165) is 12.0 Å². The van der Waals surface area contributed by atoms with Gasteiger partial charge >= 0.3 is 6.18 Å². The number of imidazole rings is 1. The van der Waals surface area contributed by atoms with E-state index in [4.69, 9.17) is 16.2 Å². The van der Waals surface area contributed by atoms with Gasteiger partial charge < -0.3 is 31.0 Å². The summed E-state index contributed by atoms with van der Waals surface area (Å²) in [6.45, 7) is 1.09. The van der Waals surface area contributed by atoms with Crippen LogP contribution >= 0.6 is 0 Å². The number of amides is 1. The first kappa shape index (κ1) is 22.6. The zero-order chi connectivity index (χ0) is 23.6. The van der Waals surface area contributed by atoms with Gasteiger partial charge in [0.1, 0.15) is 36.5 Å². The third kappa shape index (κ3) is 4.92. The van der Waals surface area contributed by atoms with E-state index in [1.165, 1.54) is 0 Å². The predicted molar refractivity (Wildman–Crippen MR) is 116 cm³/mol. The van der Waals surface area contributed by atoms with Crippen molar-refractivity contribution in [3.8, 4) is 17.1 Å². The van der Waals surface area contributed by atoms with E-state index in [1.807, 2.05) is 17.0 Å². The Morgan fingerprint density at radius 3 is 2.91 bits per heavy atom. The number of hydrogen-bond acceptors (Lipinski definition) is 6. The number of piperazine rings is 1. The summed E-state index contributed by atoms with van der Waals surface area (Å²) in [5.74, 6) is 0.410. The maximum absolute atomic E-state index is 12.6. The van der Waals surface area contributed by atoms with Gasteiger partial charge in [0.25, 0.3) is 0 Å². The lowest BCUT2D eigenvalue weighted by molar-refractivity contribution is -0.119. The van der Waals surface area contributed by atoms with Crippen LogP contribution in [0.5, 0.6) is 5.75 Å². The molecule has 4 rings (SSSR count). The molecule has 1 amide bonds. The monoisotopic (exact) mass is 464 g/mol. The Bertz CT molecular complexity index is 1100. The number of anilines is 1. The third-order valence-electron chi connectivity index (χ3n) is 5.31. The lowest BCUT2D eigenvalue weighted by Gasteiger charge is -2.36. The average Bonchev–Trinajstić information content (AvgIpc) is 3.12. The molecule has 2 aromatic rings. The molecule has 0 saturated carbocycles. The highest BCUT2D eigenvalue weighted by atomic mass is 19.4. The van der Waals surface area contributed by atoms with Gasteiger partial charge in [0, 0.05) is 37.6 Å². The first-order valence-corrected chi connectivity index (χ1v) is 10.2. The highest BCUT2D eigenvalue weighted by Crippen LogP contribution is 2.36. The maximum Gasteiger partial charge on any atom is 0.408 e. The topological polar surface area (TPSA) is 136 Å². The van der Waals surface area contributed by atoms with E-state index in [-0.39, 0.29) is 11.5 Å². The molecule has 2 aliphatic rings. The molecule has 1 atom stereocenters. The van der Waals surface area contributed by atoms with Crippen molar-refractivity contribution in [1.82, 2.24) is 14.9 Å². The lowest BCUT2D eigenvalue weighted by Crippen LogP contribution is -2.57. The normalized spacial score (nSPS) is 19.1. The fourth-order valence-corrected chi connectivity index (χ4v) is 3.85. The summed E-state index contributed by atoms with van der Waals surface area (Å²) in [7, 11) is 0. The fraction of sp³-hybridized carbons (Fsp3) is 0.400. The molecule has 0 aliphatic carbocycles. The van der Waals surface area contributed by atoms with Crippen LogP contribution in [0.3, 0.4) is 0 Å². The Hall–Kier alpha value is -3.61. The number of primary amides is 1. The molecule has 1 aromatic heterocycles. The number of nitrogens with two attached hydrogens (primary N) is 2. The van der Waals surface area contributed by atoms with Crippen LogP contribution < -0.4 is 26.4 Å². The molecule has 3 heterocycles. The molecule has 33 heavy (non-hydrogen) atoms. The summed E-state index contributed by atoms with van der Waals surface area (Å²) in [5, 5.41) is 3.16. The smallest absolute Gasteiger partial charge is 0.408 e. The number of aliphatic imine (C=N–C) groups is 2. The van der Waals surface area contributed by atoms with Crippen molar-refractivity contribution in [2.45, 2.75) is 18.8 Å².